The van der Waals surface area contributed by atoms with Crippen LogP contribution in [0.2, 0.25) is 0 Å². The lowest BCUT2D eigenvalue weighted by Gasteiger charge is -2.22. The molecule has 0 saturated carbocycles. The summed E-state index contributed by atoms with van der Waals surface area (Å²) in [6.07, 6.45) is 2.15. The first-order valence-corrected chi connectivity index (χ1v) is 11.2. The quantitative estimate of drug-likeness (QED) is 0.550. The predicted octanol–water partition coefficient (Wildman–Crippen LogP) is 4.75. The van der Waals surface area contributed by atoms with E-state index >= 15 is 0 Å². The first-order valence-electron chi connectivity index (χ1n) is 9.48. The molecular weight excluding hydrogens is 404 g/mol. The molecule has 1 aliphatic rings. The van der Waals surface area contributed by atoms with Crippen LogP contribution < -0.4 is 10.1 Å². The number of hydrogen-bond donors (Lipinski definition) is 1. The van der Waals surface area contributed by atoms with Gasteiger partial charge in [-0.2, -0.15) is 0 Å². The van der Waals surface area contributed by atoms with Crippen LogP contribution in [0.1, 0.15) is 23.7 Å². The molecule has 29 heavy (non-hydrogen) atoms. The Morgan fingerprint density at radius 2 is 1.83 bits per heavy atom. The van der Waals surface area contributed by atoms with Crippen LogP contribution in [0.5, 0.6) is 5.75 Å². The Hall–Kier alpha value is -2.58. The molecular formula is C21H22N4O2S2. The Labute approximate surface area is 178 Å². The third-order valence-corrected chi connectivity index (χ3v) is 6.88. The van der Waals surface area contributed by atoms with Crippen molar-refractivity contribution in [3.8, 4) is 5.75 Å². The van der Waals surface area contributed by atoms with Crippen molar-refractivity contribution in [2.45, 2.75) is 22.4 Å². The van der Waals surface area contributed by atoms with Crippen LogP contribution in [0.25, 0.3) is 0 Å². The molecule has 0 aliphatic carbocycles. The summed E-state index contributed by atoms with van der Waals surface area (Å²) in [5, 5.41) is 12.2. The largest absolute Gasteiger partial charge is 0.497 e. The number of benzene rings is 2. The number of nitrogens with zero attached hydrogens (tertiary/aromatic N) is 3. The van der Waals surface area contributed by atoms with Gasteiger partial charge in [0.15, 0.2) is 4.34 Å². The maximum absolute atomic E-state index is 13.1. The normalized spacial score (nSPS) is 14.6. The van der Waals surface area contributed by atoms with E-state index in [2.05, 4.69) is 15.5 Å². The summed E-state index contributed by atoms with van der Waals surface area (Å²) >= 11 is 2.92. The number of nitrogens with one attached hydrogen (secondary N) is 1. The third-order valence-electron chi connectivity index (χ3n) is 4.71. The monoisotopic (exact) mass is 426 g/mol. The van der Waals surface area contributed by atoms with Crippen LogP contribution >= 0.6 is 23.1 Å². The highest BCUT2D eigenvalue weighted by Crippen LogP contribution is 2.40. The smallest absolute Gasteiger partial charge is 0.240 e. The van der Waals surface area contributed by atoms with Crippen molar-refractivity contribution < 1.29 is 9.53 Å². The fraction of sp³-hybridized carbons (Fsp3) is 0.286. The SMILES string of the molecule is COc1ccc(Nc2nnc(S[C@@H](C(=O)N3CCCC3)c3ccccc3)s2)cc1. The molecule has 0 bridgehead atoms. The molecule has 2 heterocycles. The lowest BCUT2D eigenvalue weighted by Crippen LogP contribution is -2.31. The van der Waals surface area contributed by atoms with E-state index < -0.39 is 0 Å². The maximum Gasteiger partial charge on any atom is 0.240 e. The zero-order valence-electron chi connectivity index (χ0n) is 16.1. The van der Waals surface area contributed by atoms with Gasteiger partial charge in [-0.1, -0.05) is 53.4 Å². The van der Waals surface area contributed by atoms with Gasteiger partial charge in [-0.15, -0.1) is 10.2 Å². The molecule has 1 saturated heterocycles. The Morgan fingerprint density at radius 3 is 2.52 bits per heavy atom. The average molecular weight is 427 g/mol. The van der Waals surface area contributed by atoms with E-state index in [-0.39, 0.29) is 11.2 Å². The Bertz CT molecular complexity index is 941. The fourth-order valence-electron chi connectivity index (χ4n) is 3.20. The molecule has 1 aliphatic heterocycles. The Kier molecular flexibility index (Phi) is 6.31. The van der Waals surface area contributed by atoms with Gasteiger partial charge in [-0.3, -0.25) is 4.79 Å². The van der Waals surface area contributed by atoms with Gasteiger partial charge < -0.3 is 15.0 Å². The molecule has 1 aromatic heterocycles. The number of hydrogen-bond acceptors (Lipinski definition) is 7. The number of ether oxygens (including phenoxy) is 1. The summed E-state index contributed by atoms with van der Waals surface area (Å²) in [6.45, 7) is 1.67. The van der Waals surface area contributed by atoms with Crippen molar-refractivity contribution in [1.82, 2.24) is 15.1 Å². The number of thioether (sulfide) groups is 1. The molecule has 1 amide bonds. The van der Waals surface area contributed by atoms with E-state index in [0.29, 0.717) is 5.13 Å². The number of methoxy groups -OCH3 is 1. The van der Waals surface area contributed by atoms with Crippen molar-refractivity contribution in [1.29, 1.82) is 0 Å². The molecule has 6 nitrogen and oxygen atoms in total. The second-order valence-electron chi connectivity index (χ2n) is 6.67. The van der Waals surface area contributed by atoms with Crippen molar-refractivity contribution in [3.63, 3.8) is 0 Å². The minimum atomic E-state index is -0.309. The van der Waals surface area contributed by atoms with Crippen molar-refractivity contribution in [2.24, 2.45) is 0 Å². The summed E-state index contributed by atoms with van der Waals surface area (Å²) in [7, 11) is 1.64. The van der Waals surface area contributed by atoms with Gasteiger partial charge in [0.05, 0.1) is 7.11 Å². The molecule has 8 heteroatoms. The van der Waals surface area contributed by atoms with Crippen molar-refractivity contribution in [3.05, 3.63) is 60.2 Å². The number of rotatable bonds is 7. The Morgan fingerprint density at radius 1 is 1.10 bits per heavy atom. The summed E-state index contributed by atoms with van der Waals surface area (Å²) < 4.78 is 5.95. The molecule has 150 valence electrons. The summed E-state index contributed by atoms with van der Waals surface area (Å²) in [4.78, 5) is 15.1. The number of anilines is 2. The van der Waals surface area contributed by atoms with E-state index in [9.17, 15) is 4.79 Å². The van der Waals surface area contributed by atoms with Gasteiger partial charge in [0.2, 0.25) is 11.0 Å². The minimum Gasteiger partial charge on any atom is -0.497 e. The third kappa shape index (κ3) is 4.89. The number of carbonyl (C=O) groups is 1. The first kappa shape index (κ1) is 19.7. The van der Waals surface area contributed by atoms with Gasteiger partial charge in [0.25, 0.3) is 0 Å². The molecule has 0 spiro atoms. The zero-order chi connectivity index (χ0) is 20.1. The molecule has 2 aromatic carbocycles. The number of aromatic nitrogens is 2. The topological polar surface area (TPSA) is 67.3 Å². The zero-order valence-corrected chi connectivity index (χ0v) is 17.7. The molecule has 0 radical (unpaired) electrons. The minimum absolute atomic E-state index is 0.151. The van der Waals surface area contributed by atoms with E-state index in [1.165, 1.54) is 23.1 Å². The summed E-state index contributed by atoms with van der Waals surface area (Å²) in [5.41, 5.74) is 1.90. The lowest BCUT2D eigenvalue weighted by atomic mass is 10.1. The second kappa shape index (κ2) is 9.28. The van der Waals surface area contributed by atoms with Gasteiger partial charge in [-0.25, -0.2) is 0 Å². The summed E-state index contributed by atoms with van der Waals surface area (Å²) in [5.74, 6) is 0.953. The molecule has 4 rings (SSSR count). The van der Waals surface area contributed by atoms with Crippen LogP contribution in [0.15, 0.2) is 58.9 Å². The summed E-state index contributed by atoms with van der Waals surface area (Å²) in [6, 6.07) is 17.5. The van der Waals surface area contributed by atoms with Crippen LogP contribution in [-0.4, -0.2) is 41.2 Å². The van der Waals surface area contributed by atoms with Crippen molar-refractivity contribution in [2.75, 3.05) is 25.5 Å². The number of likely N-dealkylation sites (tertiary alicyclic amines) is 1. The van der Waals surface area contributed by atoms with E-state index in [4.69, 9.17) is 4.74 Å². The second-order valence-corrected chi connectivity index (χ2v) is 9.00. The molecule has 1 N–H and O–H groups in total. The molecule has 1 fully saturated rings. The standard InChI is InChI=1S/C21H22N4O2S2/c1-27-17-11-9-16(10-12-17)22-20-23-24-21(29-20)28-18(15-7-3-2-4-8-15)19(26)25-13-5-6-14-25/h2-4,7-12,18H,5-6,13-14H2,1H3,(H,22,23)/t18-/m1/s1. The highest BCUT2D eigenvalue weighted by Gasteiger charge is 2.29. The van der Waals surface area contributed by atoms with E-state index in [0.717, 1.165) is 47.3 Å². The fourth-order valence-corrected chi connectivity index (χ4v) is 5.25. The first-order chi connectivity index (χ1) is 14.2. The van der Waals surface area contributed by atoms with Gasteiger partial charge in [-0.05, 0) is 42.7 Å². The van der Waals surface area contributed by atoms with Crippen LogP contribution in [-0.2, 0) is 4.79 Å². The molecule has 1 atom stereocenters. The lowest BCUT2D eigenvalue weighted by molar-refractivity contribution is -0.129. The number of carbonyl (C=O) groups excluding carboxylic acids is 1. The maximum atomic E-state index is 13.1. The van der Waals surface area contributed by atoms with Gasteiger partial charge >= 0.3 is 0 Å². The predicted molar refractivity (Wildman–Crippen MR) is 117 cm³/mol. The van der Waals surface area contributed by atoms with Crippen molar-refractivity contribution >= 4 is 39.8 Å². The molecule has 3 aromatic rings. The van der Waals surface area contributed by atoms with Gasteiger partial charge in [0, 0.05) is 18.8 Å². The van der Waals surface area contributed by atoms with Crippen LogP contribution in [0, 0.1) is 0 Å². The average Bonchev–Trinajstić information content (AvgIpc) is 3.45. The number of amides is 1. The van der Waals surface area contributed by atoms with E-state index in [1.807, 2.05) is 59.5 Å². The van der Waals surface area contributed by atoms with Crippen LogP contribution in [0.4, 0.5) is 10.8 Å². The molecule has 0 unspecified atom stereocenters. The van der Waals surface area contributed by atoms with Gasteiger partial charge in [0.1, 0.15) is 11.0 Å². The van der Waals surface area contributed by atoms with Crippen LogP contribution in [0.3, 0.4) is 0 Å². The highest BCUT2D eigenvalue weighted by molar-refractivity contribution is 8.01. The van der Waals surface area contributed by atoms with E-state index in [1.54, 1.807) is 7.11 Å². The highest BCUT2D eigenvalue weighted by atomic mass is 32.2. The Balaban J connectivity index is 1.49.